The lowest BCUT2D eigenvalue weighted by Gasteiger charge is -2.12. The van der Waals surface area contributed by atoms with Crippen molar-refractivity contribution in [3.05, 3.63) is 89.7 Å². The van der Waals surface area contributed by atoms with Gasteiger partial charge in [-0.05, 0) is 42.8 Å². The van der Waals surface area contributed by atoms with Gasteiger partial charge in [0.2, 0.25) is 10.0 Å². The molecule has 0 atom stereocenters. The smallest absolute Gasteiger partial charge is 0.258 e. The Hall–Kier alpha value is -3.23. The summed E-state index contributed by atoms with van der Waals surface area (Å²) in [7, 11) is -3.94. The molecule has 0 fully saturated rings. The molecule has 0 aliphatic rings. The number of benzene rings is 3. The molecule has 156 valence electrons. The highest BCUT2D eigenvalue weighted by Crippen LogP contribution is 2.25. The second kappa shape index (κ2) is 9.51. The number of rotatable bonds is 8. The molecule has 6 nitrogen and oxygen atoms in total. The number of carbonyl (C=O) groups excluding carboxylic acids is 1. The Morgan fingerprint density at radius 1 is 1.00 bits per heavy atom. The van der Waals surface area contributed by atoms with Crippen LogP contribution in [0.1, 0.15) is 22.8 Å². The Morgan fingerprint density at radius 2 is 1.70 bits per heavy atom. The van der Waals surface area contributed by atoms with Crippen LogP contribution in [0.2, 0.25) is 0 Å². The van der Waals surface area contributed by atoms with E-state index in [0.29, 0.717) is 18.0 Å². The Bertz CT molecular complexity index is 1130. The normalized spacial score (nSPS) is 11.1. The maximum Gasteiger partial charge on any atom is 0.258 e. The molecule has 3 aromatic rings. The molecule has 30 heavy (non-hydrogen) atoms. The third-order valence-corrected chi connectivity index (χ3v) is 5.64. The van der Waals surface area contributed by atoms with Gasteiger partial charge in [-0.15, -0.1) is 0 Å². The van der Waals surface area contributed by atoms with Gasteiger partial charge in [0.1, 0.15) is 11.6 Å². The summed E-state index contributed by atoms with van der Waals surface area (Å²) >= 11 is 0. The van der Waals surface area contributed by atoms with Crippen LogP contribution in [0.5, 0.6) is 5.75 Å². The summed E-state index contributed by atoms with van der Waals surface area (Å²) in [5, 5.41) is 2.57. The fraction of sp³-hybridized carbons (Fsp3) is 0.136. The highest BCUT2D eigenvalue weighted by molar-refractivity contribution is 7.89. The molecule has 0 aliphatic heterocycles. The zero-order chi connectivity index (χ0) is 21.6. The Kier molecular flexibility index (Phi) is 6.81. The van der Waals surface area contributed by atoms with Crippen LogP contribution in [0.4, 0.5) is 10.1 Å². The minimum atomic E-state index is -3.94. The van der Waals surface area contributed by atoms with E-state index in [0.717, 1.165) is 23.8 Å². The fourth-order valence-corrected chi connectivity index (χ4v) is 3.79. The van der Waals surface area contributed by atoms with Crippen LogP contribution >= 0.6 is 0 Å². The molecule has 0 saturated carbocycles. The number of halogens is 1. The number of amides is 1. The second-order valence-electron chi connectivity index (χ2n) is 6.34. The average Bonchev–Trinajstić information content (AvgIpc) is 2.75. The van der Waals surface area contributed by atoms with Gasteiger partial charge in [-0.25, -0.2) is 17.5 Å². The van der Waals surface area contributed by atoms with Crippen LogP contribution in [0, 0.1) is 5.82 Å². The Labute approximate surface area is 174 Å². The first-order chi connectivity index (χ1) is 14.4. The van der Waals surface area contributed by atoms with Crippen LogP contribution in [-0.4, -0.2) is 20.9 Å². The van der Waals surface area contributed by atoms with E-state index in [1.165, 1.54) is 0 Å². The van der Waals surface area contributed by atoms with Gasteiger partial charge >= 0.3 is 0 Å². The lowest BCUT2D eigenvalue weighted by molar-refractivity contribution is 0.102. The van der Waals surface area contributed by atoms with Crippen molar-refractivity contribution in [1.29, 1.82) is 0 Å². The van der Waals surface area contributed by atoms with Gasteiger partial charge in [-0.3, -0.25) is 4.79 Å². The lowest BCUT2D eigenvalue weighted by atomic mass is 10.2. The molecule has 3 aromatic carbocycles. The number of ether oxygens (including phenoxy) is 1. The number of hydrogen-bond acceptors (Lipinski definition) is 4. The number of para-hydroxylation sites is 2. The minimum Gasteiger partial charge on any atom is -0.492 e. The summed E-state index contributed by atoms with van der Waals surface area (Å²) in [4.78, 5) is 12.4. The van der Waals surface area contributed by atoms with E-state index in [9.17, 15) is 17.6 Å². The molecule has 8 heteroatoms. The zero-order valence-corrected chi connectivity index (χ0v) is 17.1. The average molecular weight is 428 g/mol. The number of sulfonamides is 1. The van der Waals surface area contributed by atoms with Crippen LogP contribution in [0.25, 0.3) is 0 Å². The van der Waals surface area contributed by atoms with E-state index in [-0.39, 0.29) is 17.0 Å². The van der Waals surface area contributed by atoms with Gasteiger partial charge in [-0.2, -0.15) is 0 Å². The van der Waals surface area contributed by atoms with Gasteiger partial charge in [-0.1, -0.05) is 42.5 Å². The second-order valence-corrected chi connectivity index (χ2v) is 8.10. The molecule has 0 aromatic heterocycles. The molecule has 0 unspecified atom stereocenters. The molecule has 0 saturated heterocycles. The summed E-state index contributed by atoms with van der Waals surface area (Å²) in [6, 6.07) is 18.8. The molecular formula is C22H21FN2O4S. The van der Waals surface area contributed by atoms with Crippen molar-refractivity contribution in [2.45, 2.75) is 18.4 Å². The Morgan fingerprint density at radius 3 is 2.43 bits per heavy atom. The van der Waals surface area contributed by atoms with E-state index >= 15 is 0 Å². The number of anilines is 1. The number of nitrogens with one attached hydrogen (secondary N) is 2. The van der Waals surface area contributed by atoms with Crippen LogP contribution in [0.15, 0.2) is 77.7 Å². The van der Waals surface area contributed by atoms with Gasteiger partial charge in [0, 0.05) is 6.54 Å². The molecule has 0 bridgehead atoms. The monoisotopic (exact) mass is 428 g/mol. The molecular weight excluding hydrogens is 407 g/mol. The van der Waals surface area contributed by atoms with E-state index < -0.39 is 21.7 Å². The van der Waals surface area contributed by atoms with Crippen molar-refractivity contribution in [3.8, 4) is 5.75 Å². The third kappa shape index (κ3) is 5.22. The van der Waals surface area contributed by atoms with Crippen molar-refractivity contribution in [1.82, 2.24) is 4.72 Å². The third-order valence-electron chi connectivity index (χ3n) is 4.24. The predicted octanol–water partition coefficient (Wildman–Crippen LogP) is 3.96. The summed E-state index contributed by atoms with van der Waals surface area (Å²) in [6.07, 6.45) is 0. The summed E-state index contributed by atoms with van der Waals surface area (Å²) in [6.45, 7) is 2.26. The van der Waals surface area contributed by atoms with Gasteiger partial charge in [0.05, 0.1) is 22.8 Å². The van der Waals surface area contributed by atoms with Gasteiger partial charge in [0.15, 0.2) is 0 Å². The molecule has 2 N–H and O–H groups in total. The van der Waals surface area contributed by atoms with Crippen molar-refractivity contribution in [2.24, 2.45) is 0 Å². The first kappa shape index (κ1) is 21.5. The van der Waals surface area contributed by atoms with Gasteiger partial charge < -0.3 is 10.1 Å². The van der Waals surface area contributed by atoms with Crippen LogP contribution < -0.4 is 14.8 Å². The molecule has 0 radical (unpaired) electrons. The molecule has 0 aliphatic carbocycles. The minimum absolute atomic E-state index is 0.0732. The Balaban J connectivity index is 1.81. The predicted molar refractivity (Wildman–Crippen MR) is 112 cm³/mol. The highest BCUT2D eigenvalue weighted by atomic mass is 32.2. The quantitative estimate of drug-likeness (QED) is 0.569. The van der Waals surface area contributed by atoms with Crippen molar-refractivity contribution >= 4 is 21.6 Å². The summed E-state index contributed by atoms with van der Waals surface area (Å²) in [5.41, 5.74) is 0.747. The van der Waals surface area contributed by atoms with Crippen molar-refractivity contribution in [3.63, 3.8) is 0 Å². The standard InChI is InChI=1S/C22H21FN2O4S/c1-2-29-21-11-7-6-10-20(21)25-22(26)18-14-17(12-13-19(18)23)30(27,28)24-15-16-8-4-3-5-9-16/h3-14,24H,2,15H2,1H3,(H,25,26). The first-order valence-corrected chi connectivity index (χ1v) is 10.8. The molecule has 0 spiro atoms. The maximum atomic E-state index is 14.3. The van der Waals surface area contributed by atoms with E-state index in [1.807, 2.05) is 6.07 Å². The molecule has 3 rings (SSSR count). The number of carbonyl (C=O) groups is 1. The summed E-state index contributed by atoms with van der Waals surface area (Å²) < 4.78 is 47.4. The van der Waals surface area contributed by atoms with Gasteiger partial charge in [0.25, 0.3) is 5.91 Å². The molecule has 1 amide bonds. The summed E-state index contributed by atoms with van der Waals surface area (Å²) in [5.74, 6) is -1.18. The largest absolute Gasteiger partial charge is 0.492 e. The van der Waals surface area contributed by atoms with E-state index in [4.69, 9.17) is 4.74 Å². The van der Waals surface area contributed by atoms with Crippen LogP contribution in [-0.2, 0) is 16.6 Å². The number of hydrogen-bond donors (Lipinski definition) is 2. The van der Waals surface area contributed by atoms with E-state index in [2.05, 4.69) is 10.0 Å². The van der Waals surface area contributed by atoms with Crippen molar-refractivity contribution in [2.75, 3.05) is 11.9 Å². The van der Waals surface area contributed by atoms with Crippen LogP contribution in [0.3, 0.4) is 0 Å². The molecule has 0 heterocycles. The fourth-order valence-electron chi connectivity index (χ4n) is 2.74. The van der Waals surface area contributed by atoms with E-state index in [1.54, 1.807) is 55.5 Å². The lowest BCUT2D eigenvalue weighted by Crippen LogP contribution is -2.24. The SMILES string of the molecule is CCOc1ccccc1NC(=O)c1cc(S(=O)(=O)NCc2ccccc2)ccc1F. The van der Waals surface area contributed by atoms with Crippen molar-refractivity contribution < 1.29 is 22.3 Å². The zero-order valence-electron chi connectivity index (χ0n) is 16.3. The maximum absolute atomic E-state index is 14.3. The highest BCUT2D eigenvalue weighted by Gasteiger charge is 2.20. The first-order valence-electron chi connectivity index (χ1n) is 9.27. The topological polar surface area (TPSA) is 84.5 Å².